The summed E-state index contributed by atoms with van der Waals surface area (Å²) >= 11 is 1.58. The van der Waals surface area contributed by atoms with Crippen molar-refractivity contribution in [1.29, 1.82) is 0 Å². The molecule has 17 heavy (non-hydrogen) atoms. The van der Waals surface area contributed by atoms with Gasteiger partial charge in [-0.2, -0.15) is 0 Å². The number of rotatable bonds is 3. The quantitative estimate of drug-likeness (QED) is 0.756. The van der Waals surface area contributed by atoms with E-state index in [9.17, 15) is 0 Å². The van der Waals surface area contributed by atoms with E-state index in [0.29, 0.717) is 6.54 Å². The molecular weight excluding hydrogens is 234 g/mol. The second-order valence-electron chi connectivity index (χ2n) is 3.62. The predicted octanol–water partition coefficient (Wildman–Crippen LogP) is 1.35. The Morgan fingerprint density at radius 3 is 3.00 bits per heavy atom. The molecule has 0 atom stereocenters. The van der Waals surface area contributed by atoms with Gasteiger partial charge in [0.1, 0.15) is 5.69 Å². The van der Waals surface area contributed by atoms with E-state index in [2.05, 4.69) is 20.6 Å². The van der Waals surface area contributed by atoms with E-state index in [1.807, 2.05) is 22.6 Å². The van der Waals surface area contributed by atoms with E-state index in [4.69, 9.17) is 5.73 Å². The van der Waals surface area contributed by atoms with Crippen LogP contribution in [0.25, 0.3) is 16.5 Å². The van der Waals surface area contributed by atoms with Crippen LogP contribution in [0.4, 0.5) is 0 Å². The first-order chi connectivity index (χ1) is 8.40. The first-order valence-corrected chi connectivity index (χ1v) is 6.21. The number of nitrogens with zero attached hydrogens (tertiary/aromatic N) is 4. The zero-order valence-electron chi connectivity index (χ0n) is 9.08. The van der Waals surface area contributed by atoms with E-state index in [1.165, 1.54) is 0 Å². The van der Waals surface area contributed by atoms with E-state index in [-0.39, 0.29) is 0 Å². The molecule has 0 unspecified atom stereocenters. The molecule has 0 saturated heterocycles. The highest BCUT2D eigenvalue weighted by Crippen LogP contribution is 2.22. The summed E-state index contributed by atoms with van der Waals surface area (Å²) in [6.45, 7) is 0.617. The summed E-state index contributed by atoms with van der Waals surface area (Å²) in [5.74, 6) is 0.783. The standard InChI is InChI=1S/C11H11N5S/c12-5-4-8-7-17-11-15-14-10(16(8)11)9-3-1-2-6-13-9/h1-3,6-7H,4-5,12H2. The van der Waals surface area contributed by atoms with E-state index in [1.54, 1.807) is 17.5 Å². The normalized spacial score (nSPS) is 11.1. The van der Waals surface area contributed by atoms with Crippen LogP contribution in [0.2, 0.25) is 0 Å². The fourth-order valence-corrected chi connectivity index (χ4v) is 2.62. The Hall–Kier alpha value is -1.79. The molecule has 3 heterocycles. The lowest BCUT2D eigenvalue weighted by Crippen LogP contribution is -2.05. The van der Waals surface area contributed by atoms with Crippen LogP contribution in [0.1, 0.15) is 5.69 Å². The van der Waals surface area contributed by atoms with Crippen LogP contribution >= 0.6 is 11.3 Å². The Balaban J connectivity index is 2.19. The third kappa shape index (κ3) is 1.71. The van der Waals surface area contributed by atoms with Gasteiger partial charge in [-0.3, -0.25) is 9.38 Å². The summed E-state index contributed by atoms with van der Waals surface area (Å²) in [4.78, 5) is 5.19. The van der Waals surface area contributed by atoms with Crippen molar-refractivity contribution < 1.29 is 0 Å². The number of pyridine rings is 1. The first kappa shape index (κ1) is 10.4. The number of thiazole rings is 1. The van der Waals surface area contributed by atoms with Gasteiger partial charge in [0.05, 0.1) is 0 Å². The summed E-state index contributed by atoms with van der Waals surface area (Å²) in [6.07, 6.45) is 2.57. The molecule has 3 rings (SSSR count). The highest BCUT2D eigenvalue weighted by molar-refractivity contribution is 7.15. The molecule has 0 aromatic carbocycles. The number of hydrogen-bond donors (Lipinski definition) is 1. The molecule has 2 N–H and O–H groups in total. The van der Waals surface area contributed by atoms with Crippen molar-refractivity contribution in [3.05, 3.63) is 35.5 Å². The van der Waals surface area contributed by atoms with Gasteiger partial charge in [0.2, 0.25) is 4.96 Å². The molecule has 6 heteroatoms. The topological polar surface area (TPSA) is 69.1 Å². The Bertz CT molecular complexity index is 628. The fraction of sp³-hybridized carbons (Fsp3) is 0.182. The summed E-state index contributed by atoms with van der Waals surface area (Å²) in [5.41, 5.74) is 7.57. The average molecular weight is 245 g/mol. The summed E-state index contributed by atoms with van der Waals surface area (Å²) < 4.78 is 2.03. The number of fused-ring (bicyclic) bond motifs is 1. The lowest BCUT2D eigenvalue weighted by Gasteiger charge is -2.00. The summed E-state index contributed by atoms with van der Waals surface area (Å²) in [5, 5.41) is 10.4. The van der Waals surface area contributed by atoms with Crippen LogP contribution in [-0.2, 0) is 6.42 Å². The molecule has 0 fully saturated rings. The third-order valence-electron chi connectivity index (χ3n) is 2.52. The van der Waals surface area contributed by atoms with Gasteiger partial charge >= 0.3 is 0 Å². The van der Waals surface area contributed by atoms with E-state index >= 15 is 0 Å². The van der Waals surface area contributed by atoms with Gasteiger partial charge in [0, 0.05) is 23.7 Å². The Labute approximate surface area is 102 Å². The van der Waals surface area contributed by atoms with Gasteiger partial charge in [0.15, 0.2) is 5.82 Å². The highest BCUT2D eigenvalue weighted by atomic mass is 32.1. The summed E-state index contributed by atoms with van der Waals surface area (Å²) in [7, 11) is 0. The minimum Gasteiger partial charge on any atom is -0.330 e. The summed E-state index contributed by atoms with van der Waals surface area (Å²) in [6, 6.07) is 5.76. The van der Waals surface area contributed by atoms with Crippen LogP contribution in [0, 0.1) is 0 Å². The molecule has 0 saturated carbocycles. The molecule has 0 radical (unpaired) electrons. The Morgan fingerprint density at radius 1 is 1.29 bits per heavy atom. The molecule has 0 aliphatic carbocycles. The molecule has 0 aliphatic rings. The third-order valence-corrected chi connectivity index (χ3v) is 3.38. The van der Waals surface area contributed by atoms with Gasteiger partial charge in [-0.1, -0.05) is 6.07 Å². The Morgan fingerprint density at radius 2 is 2.24 bits per heavy atom. The van der Waals surface area contributed by atoms with Crippen molar-refractivity contribution >= 4 is 16.3 Å². The first-order valence-electron chi connectivity index (χ1n) is 5.33. The Kier molecular flexibility index (Phi) is 2.58. The maximum Gasteiger partial charge on any atom is 0.216 e. The van der Waals surface area contributed by atoms with Crippen LogP contribution in [0.15, 0.2) is 29.8 Å². The average Bonchev–Trinajstić information content (AvgIpc) is 2.94. The fourth-order valence-electron chi connectivity index (χ4n) is 1.76. The van der Waals surface area contributed by atoms with Crippen LogP contribution in [0.3, 0.4) is 0 Å². The molecule has 3 aromatic heterocycles. The molecule has 0 amide bonds. The van der Waals surface area contributed by atoms with Crippen molar-refractivity contribution in [2.75, 3.05) is 6.54 Å². The van der Waals surface area contributed by atoms with Crippen molar-refractivity contribution in [3.8, 4) is 11.5 Å². The molecule has 3 aromatic rings. The smallest absolute Gasteiger partial charge is 0.216 e. The molecule has 0 bridgehead atoms. The van der Waals surface area contributed by atoms with E-state index in [0.717, 1.165) is 28.6 Å². The molecular formula is C11H11N5S. The van der Waals surface area contributed by atoms with Crippen LogP contribution < -0.4 is 5.73 Å². The monoisotopic (exact) mass is 245 g/mol. The second kappa shape index (κ2) is 4.23. The predicted molar refractivity (Wildman–Crippen MR) is 66.9 cm³/mol. The van der Waals surface area contributed by atoms with Gasteiger partial charge in [0.25, 0.3) is 0 Å². The lowest BCUT2D eigenvalue weighted by molar-refractivity contribution is 0.905. The highest BCUT2D eigenvalue weighted by Gasteiger charge is 2.13. The van der Waals surface area contributed by atoms with Gasteiger partial charge in [-0.05, 0) is 18.7 Å². The SMILES string of the molecule is NCCc1csc2nnc(-c3ccccn3)n12. The molecule has 5 nitrogen and oxygen atoms in total. The number of hydrogen-bond acceptors (Lipinski definition) is 5. The maximum absolute atomic E-state index is 5.60. The maximum atomic E-state index is 5.60. The van der Waals surface area contributed by atoms with E-state index < -0.39 is 0 Å². The zero-order chi connectivity index (χ0) is 11.7. The number of nitrogens with two attached hydrogens (primary N) is 1. The minimum atomic E-state index is 0.617. The second-order valence-corrected chi connectivity index (χ2v) is 4.46. The largest absolute Gasteiger partial charge is 0.330 e. The van der Waals surface area contributed by atoms with Gasteiger partial charge in [-0.25, -0.2) is 0 Å². The van der Waals surface area contributed by atoms with Crippen molar-refractivity contribution in [2.24, 2.45) is 5.73 Å². The van der Waals surface area contributed by atoms with Crippen molar-refractivity contribution in [1.82, 2.24) is 19.6 Å². The zero-order valence-corrected chi connectivity index (χ0v) is 9.89. The molecule has 0 spiro atoms. The van der Waals surface area contributed by atoms with Gasteiger partial charge < -0.3 is 5.73 Å². The van der Waals surface area contributed by atoms with Crippen molar-refractivity contribution in [2.45, 2.75) is 6.42 Å². The molecule has 0 aliphatic heterocycles. The van der Waals surface area contributed by atoms with Crippen LogP contribution in [-0.4, -0.2) is 26.1 Å². The lowest BCUT2D eigenvalue weighted by atomic mass is 10.3. The van der Waals surface area contributed by atoms with Crippen LogP contribution in [0.5, 0.6) is 0 Å². The minimum absolute atomic E-state index is 0.617. The number of aromatic nitrogens is 4. The van der Waals surface area contributed by atoms with Gasteiger partial charge in [-0.15, -0.1) is 21.5 Å². The van der Waals surface area contributed by atoms with Crippen molar-refractivity contribution in [3.63, 3.8) is 0 Å². The molecule has 86 valence electrons.